The van der Waals surface area contributed by atoms with E-state index in [2.05, 4.69) is 33.8 Å². The molecule has 0 unspecified atom stereocenters. The molecule has 19 heavy (non-hydrogen) atoms. The summed E-state index contributed by atoms with van der Waals surface area (Å²) in [6.07, 6.45) is 10.5. The predicted octanol–water partition coefficient (Wildman–Crippen LogP) is 1.64. The van der Waals surface area contributed by atoms with E-state index >= 15 is 0 Å². The van der Waals surface area contributed by atoms with Crippen molar-refractivity contribution in [3.8, 4) is 0 Å². The van der Waals surface area contributed by atoms with Gasteiger partial charge in [0.2, 0.25) is 5.91 Å². The van der Waals surface area contributed by atoms with E-state index in [1.165, 1.54) is 5.56 Å². The number of allylic oxidation sites excluding steroid dienone is 2. The first-order valence-electron chi connectivity index (χ1n) is 6.88. The van der Waals surface area contributed by atoms with Crippen LogP contribution < -0.4 is 10.6 Å². The monoisotopic (exact) mass is 259 g/mol. The van der Waals surface area contributed by atoms with Crippen molar-refractivity contribution in [2.75, 3.05) is 13.1 Å². The lowest BCUT2D eigenvalue weighted by Gasteiger charge is -2.10. The molecule has 0 atom stereocenters. The van der Waals surface area contributed by atoms with Crippen LogP contribution in [0, 0.1) is 5.92 Å². The molecule has 0 saturated heterocycles. The quantitative estimate of drug-likeness (QED) is 0.578. The molecule has 1 aromatic rings. The molecule has 0 aromatic carbocycles. The third kappa shape index (κ3) is 4.83. The number of nitrogens with zero attached hydrogens (tertiary/aromatic N) is 1. The molecule has 0 bridgehead atoms. The lowest BCUT2D eigenvalue weighted by atomic mass is 10.1. The second-order valence-corrected chi connectivity index (χ2v) is 4.82. The number of amides is 1. The zero-order valence-corrected chi connectivity index (χ0v) is 11.1. The number of nitrogens with one attached hydrogen (secondary N) is 2. The molecule has 2 N–H and O–H groups in total. The summed E-state index contributed by atoms with van der Waals surface area (Å²) in [4.78, 5) is 15.8. The average molecular weight is 259 g/mol. The number of pyridine rings is 1. The molecule has 4 nitrogen and oxygen atoms in total. The second kappa shape index (κ2) is 7.69. The molecule has 1 heterocycles. The molecule has 1 aromatic heterocycles. The maximum atomic E-state index is 11.7. The van der Waals surface area contributed by atoms with Gasteiger partial charge in [-0.2, -0.15) is 0 Å². The molecule has 0 radical (unpaired) electrons. The van der Waals surface area contributed by atoms with Gasteiger partial charge in [0.1, 0.15) is 0 Å². The van der Waals surface area contributed by atoms with Gasteiger partial charge in [0.15, 0.2) is 0 Å². The Morgan fingerprint density at radius 1 is 1.32 bits per heavy atom. The average Bonchev–Trinajstić information content (AvgIpc) is 2.98. The number of hydrogen-bond acceptors (Lipinski definition) is 3. The summed E-state index contributed by atoms with van der Waals surface area (Å²) in [7, 11) is 0. The SMILES string of the molecule is O=C(NCCCNCc1cccnc1)C1CC=CC1. The first-order valence-corrected chi connectivity index (χ1v) is 6.88. The lowest BCUT2D eigenvalue weighted by Crippen LogP contribution is -2.31. The van der Waals surface area contributed by atoms with Crippen molar-refractivity contribution in [2.45, 2.75) is 25.8 Å². The highest BCUT2D eigenvalue weighted by Gasteiger charge is 2.17. The van der Waals surface area contributed by atoms with Gasteiger partial charge in [-0.05, 0) is 37.4 Å². The molecule has 4 heteroatoms. The minimum Gasteiger partial charge on any atom is -0.356 e. The standard InChI is InChI=1S/C15H21N3O/c19-15(14-6-1-2-7-14)18-10-4-9-17-12-13-5-3-8-16-11-13/h1-3,5,8,11,14,17H,4,6-7,9-10,12H2,(H,18,19). The van der Waals surface area contributed by atoms with Crippen LogP contribution >= 0.6 is 0 Å². The van der Waals surface area contributed by atoms with Crippen molar-refractivity contribution in [1.82, 2.24) is 15.6 Å². The zero-order chi connectivity index (χ0) is 13.3. The Labute approximate surface area is 114 Å². The van der Waals surface area contributed by atoms with Gasteiger partial charge in [-0.15, -0.1) is 0 Å². The first-order chi connectivity index (χ1) is 9.36. The molecule has 0 fully saturated rings. The molecule has 1 amide bonds. The summed E-state index contributed by atoms with van der Waals surface area (Å²) >= 11 is 0. The number of carbonyl (C=O) groups excluding carboxylic acids is 1. The smallest absolute Gasteiger partial charge is 0.223 e. The van der Waals surface area contributed by atoms with Crippen molar-refractivity contribution >= 4 is 5.91 Å². The maximum absolute atomic E-state index is 11.7. The van der Waals surface area contributed by atoms with E-state index in [1.54, 1.807) is 6.20 Å². The minimum absolute atomic E-state index is 0.170. The van der Waals surface area contributed by atoms with Crippen LogP contribution in [-0.2, 0) is 11.3 Å². The van der Waals surface area contributed by atoms with Gasteiger partial charge in [-0.25, -0.2) is 0 Å². The Hall–Kier alpha value is -1.68. The summed E-state index contributed by atoms with van der Waals surface area (Å²) in [5.41, 5.74) is 1.18. The number of aromatic nitrogens is 1. The van der Waals surface area contributed by atoms with Gasteiger partial charge in [0.25, 0.3) is 0 Å². The third-order valence-corrected chi connectivity index (χ3v) is 3.26. The molecular weight excluding hydrogens is 238 g/mol. The molecule has 2 rings (SSSR count). The fraction of sp³-hybridized carbons (Fsp3) is 0.467. The Bertz CT molecular complexity index is 409. The van der Waals surface area contributed by atoms with Gasteiger partial charge in [0.05, 0.1) is 0 Å². The third-order valence-electron chi connectivity index (χ3n) is 3.26. The molecule has 0 saturated carbocycles. The van der Waals surface area contributed by atoms with Crippen molar-refractivity contribution < 1.29 is 4.79 Å². The fourth-order valence-electron chi connectivity index (χ4n) is 2.14. The Morgan fingerprint density at radius 2 is 2.16 bits per heavy atom. The summed E-state index contributed by atoms with van der Waals surface area (Å²) in [6, 6.07) is 3.99. The van der Waals surface area contributed by atoms with Crippen molar-refractivity contribution in [3.63, 3.8) is 0 Å². The molecule has 0 aliphatic heterocycles. The Morgan fingerprint density at radius 3 is 2.89 bits per heavy atom. The van der Waals surface area contributed by atoms with Crippen LogP contribution in [0.5, 0.6) is 0 Å². The molecule has 1 aliphatic carbocycles. The van der Waals surface area contributed by atoms with Gasteiger partial charge < -0.3 is 10.6 Å². The summed E-state index contributed by atoms with van der Waals surface area (Å²) < 4.78 is 0. The molecular formula is C15H21N3O. The van der Waals surface area contributed by atoms with E-state index < -0.39 is 0 Å². The Kier molecular flexibility index (Phi) is 5.56. The van der Waals surface area contributed by atoms with Crippen molar-refractivity contribution in [1.29, 1.82) is 0 Å². The van der Waals surface area contributed by atoms with E-state index in [1.807, 2.05) is 12.3 Å². The van der Waals surface area contributed by atoms with Gasteiger partial charge >= 0.3 is 0 Å². The number of rotatable bonds is 7. The van der Waals surface area contributed by atoms with Crippen LogP contribution in [0.15, 0.2) is 36.7 Å². The van der Waals surface area contributed by atoms with Crippen molar-refractivity contribution in [3.05, 3.63) is 42.2 Å². The fourth-order valence-corrected chi connectivity index (χ4v) is 2.14. The zero-order valence-electron chi connectivity index (χ0n) is 11.1. The highest BCUT2D eigenvalue weighted by atomic mass is 16.1. The van der Waals surface area contributed by atoms with E-state index in [0.29, 0.717) is 0 Å². The highest BCUT2D eigenvalue weighted by Crippen LogP contribution is 2.17. The number of carbonyl (C=O) groups is 1. The van der Waals surface area contributed by atoms with Gasteiger partial charge in [0, 0.05) is 31.4 Å². The normalized spacial score (nSPS) is 14.7. The van der Waals surface area contributed by atoms with Crippen molar-refractivity contribution in [2.24, 2.45) is 5.92 Å². The van der Waals surface area contributed by atoms with Crippen LogP contribution in [0.2, 0.25) is 0 Å². The van der Waals surface area contributed by atoms with Crippen LogP contribution in [0.3, 0.4) is 0 Å². The van der Waals surface area contributed by atoms with Crippen LogP contribution in [0.25, 0.3) is 0 Å². The highest BCUT2D eigenvalue weighted by molar-refractivity contribution is 5.79. The van der Waals surface area contributed by atoms with Gasteiger partial charge in [-0.3, -0.25) is 9.78 Å². The van der Waals surface area contributed by atoms with E-state index in [0.717, 1.165) is 38.9 Å². The first kappa shape index (κ1) is 13.7. The van der Waals surface area contributed by atoms with Gasteiger partial charge in [-0.1, -0.05) is 18.2 Å². The van der Waals surface area contributed by atoms with Crippen LogP contribution in [0.4, 0.5) is 0 Å². The largest absolute Gasteiger partial charge is 0.356 e. The van der Waals surface area contributed by atoms with E-state index in [-0.39, 0.29) is 11.8 Å². The molecule has 1 aliphatic rings. The second-order valence-electron chi connectivity index (χ2n) is 4.82. The van der Waals surface area contributed by atoms with Crippen LogP contribution in [-0.4, -0.2) is 24.0 Å². The Balaban J connectivity index is 1.49. The number of hydrogen-bond donors (Lipinski definition) is 2. The minimum atomic E-state index is 0.170. The summed E-state index contributed by atoms with van der Waals surface area (Å²) in [5, 5.41) is 6.33. The summed E-state index contributed by atoms with van der Waals surface area (Å²) in [6.45, 7) is 2.47. The summed E-state index contributed by atoms with van der Waals surface area (Å²) in [5.74, 6) is 0.362. The topological polar surface area (TPSA) is 54.0 Å². The predicted molar refractivity (Wildman–Crippen MR) is 75.4 cm³/mol. The van der Waals surface area contributed by atoms with E-state index in [4.69, 9.17) is 0 Å². The maximum Gasteiger partial charge on any atom is 0.223 e. The van der Waals surface area contributed by atoms with E-state index in [9.17, 15) is 4.79 Å². The molecule has 102 valence electrons. The molecule has 0 spiro atoms. The lowest BCUT2D eigenvalue weighted by molar-refractivity contribution is -0.124. The van der Waals surface area contributed by atoms with Crippen LogP contribution in [0.1, 0.15) is 24.8 Å².